The molecule has 0 saturated heterocycles. The Morgan fingerprint density at radius 1 is 1.60 bits per heavy atom. The van der Waals surface area contributed by atoms with Crippen LogP contribution in [0.15, 0.2) is 23.1 Å². The second kappa shape index (κ2) is 3.62. The van der Waals surface area contributed by atoms with Crippen LogP contribution < -0.4 is 0 Å². The Kier molecular flexibility index (Phi) is 2.75. The van der Waals surface area contributed by atoms with Crippen molar-refractivity contribution in [2.75, 3.05) is 0 Å². The molecule has 1 aliphatic carbocycles. The molecule has 0 spiro atoms. The number of carbonyl (C=O) groups excluding carboxylic acids is 1. The quantitative estimate of drug-likeness (QED) is 0.577. The average Bonchev–Trinajstić information content (AvgIpc) is 1.88. The summed E-state index contributed by atoms with van der Waals surface area (Å²) in [6.45, 7) is 1.59. The minimum absolute atomic E-state index is 0.165. The molecule has 1 aliphatic rings. The third-order valence-electron chi connectivity index (χ3n) is 1.22. The lowest BCUT2D eigenvalue weighted by molar-refractivity contribution is -0.109. The van der Waals surface area contributed by atoms with Gasteiger partial charge in [0, 0.05) is 11.8 Å². The van der Waals surface area contributed by atoms with Crippen molar-refractivity contribution < 1.29 is 4.79 Å². The van der Waals surface area contributed by atoms with Gasteiger partial charge < -0.3 is 0 Å². The van der Waals surface area contributed by atoms with Gasteiger partial charge in [-0.1, -0.05) is 30.0 Å². The van der Waals surface area contributed by atoms with Crippen molar-refractivity contribution in [3.8, 4) is 0 Å². The van der Waals surface area contributed by atoms with Gasteiger partial charge in [-0.05, 0) is 12.8 Å². The molecule has 0 fully saturated rings. The Hall–Kier alpha value is -0.500. The first-order valence-electron chi connectivity index (χ1n) is 3.34. The van der Waals surface area contributed by atoms with Gasteiger partial charge in [0.1, 0.15) is 0 Å². The number of rotatable bonds is 1. The van der Waals surface area contributed by atoms with Crippen LogP contribution in [0, 0.1) is 0 Å². The lowest BCUT2D eigenvalue weighted by atomic mass is 10.2. The molecule has 0 saturated carbocycles. The van der Waals surface area contributed by atoms with Crippen molar-refractivity contribution >= 4 is 16.9 Å². The van der Waals surface area contributed by atoms with Crippen LogP contribution in [0.25, 0.3) is 0 Å². The number of thioether (sulfide) groups is 1. The van der Waals surface area contributed by atoms with Gasteiger partial charge >= 0.3 is 0 Å². The van der Waals surface area contributed by atoms with Gasteiger partial charge in [0.25, 0.3) is 0 Å². The van der Waals surface area contributed by atoms with Crippen LogP contribution in [0.2, 0.25) is 0 Å². The van der Waals surface area contributed by atoms with Gasteiger partial charge in [-0.3, -0.25) is 4.79 Å². The third-order valence-corrected chi connectivity index (χ3v) is 2.05. The van der Waals surface area contributed by atoms with Crippen molar-refractivity contribution in [3.63, 3.8) is 0 Å². The summed E-state index contributed by atoms with van der Waals surface area (Å²) in [4.78, 5) is 11.7. The van der Waals surface area contributed by atoms with E-state index in [1.807, 2.05) is 6.08 Å². The zero-order valence-corrected chi connectivity index (χ0v) is 6.78. The zero-order chi connectivity index (χ0) is 7.40. The highest BCUT2D eigenvalue weighted by Crippen LogP contribution is 2.22. The molecule has 0 aromatic heterocycles. The predicted molar refractivity (Wildman–Crippen MR) is 44.7 cm³/mol. The molecule has 0 N–H and O–H groups in total. The topological polar surface area (TPSA) is 17.1 Å². The molecule has 0 amide bonds. The van der Waals surface area contributed by atoms with Gasteiger partial charge in [-0.2, -0.15) is 0 Å². The van der Waals surface area contributed by atoms with E-state index in [9.17, 15) is 4.79 Å². The Bertz CT molecular complexity index is 191. The number of hydrogen-bond acceptors (Lipinski definition) is 2. The fourth-order valence-corrected chi connectivity index (χ4v) is 1.53. The van der Waals surface area contributed by atoms with E-state index in [2.05, 4.69) is 12.2 Å². The Labute approximate surface area is 65.2 Å². The number of allylic oxidation sites excluding steroid dienone is 3. The molecule has 1 nitrogen and oxygen atoms in total. The van der Waals surface area contributed by atoms with E-state index in [1.165, 1.54) is 11.8 Å². The van der Waals surface area contributed by atoms with Crippen molar-refractivity contribution in [2.24, 2.45) is 0 Å². The predicted octanol–water partition coefficient (Wildman–Crippen LogP) is 2.50. The van der Waals surface area contributed by atoms with Crippen molar-refractivity contribution in [2.45, 2.75) is 19.8 Å². The highest BCUT2D eigenvalue weighted by Gasteiger charge is 2.00. The summed E-state index contributed by atoms with van der Waals surface area (Å²) in [5.74, 6) is 0. The summed E-state index contributed by atoms with van der Waals surface area (Å²) < 4.78 is 0. The largest absolute Gasteiger partial charge is 0.287 e. The zero-order valence-electron chi connectivity index (χ0n) is 5.96. The fraction of sp³-hybridized carbons (Fsp3) is 0.375. The van der Waals surface area contributed by atoms with E-state index in [4.69, 9.17) is 0 Å². The third kappa shape index (κ3) is 2.40. The van der Waals surface area contributed by atoms with Crippen LogP contribution in [0.5, 0.6) is 0 Å². The van der Waals surface area contributed by atoms with Crippen LogP contribution >= 0.6 is 11.8 Å². The molecular formula is C8H10OS. The molecule has 0 radical (unpaired) electrons. The Morgan fingerprint density at radius 3 is 2.90 bits per heavy atom. The lowest BCUT2D eigenvalue weighted by Crippen LogP contribution is -1.84. The summed E-state index contributed by atoms with van der Waals surface area (Å²) in [6, 6.07) is 0. The van der Waals surface area contributed by atoms with Gasteiger partial charge in [-0.25, -0.2) is 0 Å². The molecule has 0 aromatic carbocycles. The van der Waals surface area contributed by atoms with E-state index in [1.54, 1.807) is 6.92 Å². The van der Waals surface area contributed by atoms with Crippen molar-refractivity contribution in [1.82, 2.24) is 0 Å². The first-order chi connectivity index (χ1) is 4.79. The van der Waals surface area contributed by atoms with Gasteiger partial charge in [-0.15, -0.1) is 0 Å². The van der Waals surface area contributed by atoms with E-state index in [0.717, 1.165) is 17.7 Å². The first kappa shape index (κ1) is 7.61. The second-order valence-electron chi connectivity index (χ2n) is 2.18. The summed E-state index contributed by atoms with van der Waals surface area (Å²) in [7, 11) is 0. The van der Waals surface area contributed by atoms with Crippen LogP contribution in [0.3, 0.4) is 0 Å². The van der Waals surface area contributed by atoms with Crippen LogP contribution in [0.1, 0.15) is 19.8 Å². The summed E-state index contributed by atoms with van der Waals surface area (Å²) in [5, 5.41) is 0.165. The molecule has 0 unspecified atom stereocenters. The minimum atomic E-state index is 0.165. The lowest BCUT2D eigenvalue weighted by Gasteiger charge is -2.01. The van der Waals surface area contributed by atoms with Gasteiger partial charge in [0.15, 0.2) is 5.12 Å². The molecule has 54 valence electrons. The SMILES string of the molecule is CC(=O)SC1=CCCC=C1. The van der Waals surface area contributed by atoms with E-state index in [0.29, 0.717) is 0 Å². The Balaban J connectivity index is 2.48. The molecule has 2 heteroatoms. The Morgan fingerprint density at radius 2 is 2.40 bits per heavy atom. The maximum Gasteiger partial charge on any atom is 0.190 e. The number of carbonyl (C=O) groups is 1. The van der Waals surface area contributed by atoms with Crippen molar-refractivity contribution in [1.29, 1.82) is 0 Å². The van der Waals surface area contributed by atoms with Gasteiger partial charge in [0.05, 0.1) is 0 Å². The molecule has 1 rings (SSSR count). The fourth-order valence-electron chi connectivity index (χ4n) is 0.831. The molecule has 10 heavy (non-hydrogen) atoms. The highest BCUT2D eigenvalue weighted by molar-refractivity contribution is 8.17. The molecule has 0 heterocycles. The second-order valence-corrected chi connectivity index (χ2v) is 3.43. The highest BCUT2D eigenvalue weighted by atomic mass is 32.2. The molecule has 0 bridgehead atoms. The standard InChI is InChI=1S/C8H10OS/c1-7(9)10-8-5-3-2-4-6-8/h3,5-6H,2,4H2,1H3. The average molecular weight is 154 g/mol. The van der Waals surface area contributed by atoms with E-state index in [-0.39, 0.29) is 5.12 Å². The summed E-state index contributed by atoms with van der Waals surface area (Å²) in [6.07, 6.45) is 8.40. The first-order valence-corrected chi connectivity index (χ1v) is 4.16. The maximum absolute atomic E-state index is 10.6. The van der Waals surface area contributed by atoms with Gasteiger partial charge in [0.2, 0.25) is 0 Å². The van der Waals surface area contributed by atoms with Crippen molar-refractivity contribution in [3.05, 3.63) is 23.1 Å². The monoisotopic (exact) mass is 154 g/mol. The maximum atomic E-state index is 10.6. The van der Waals surface area contributed by atoms with Crippen LogP contribution in [0.4, 0.5) is 0 Å². The molecule has 0 aliphatic heterocycles. The van der Waals surface area contributed by atoms with Crippen LogP contribution in [-0.2, 0) is 4.79 Å². The molecular weight excluding hydrogens is 144 g/mol. The van der Waals surface area contributed by atoms with E-state index < -0.39 is 0 Å². The summed E-state index contributed by atoms with van der Waals surface area (Å²) >= 11 is 1.31. The normalized spacial score (nSPS) is 16.7. The summed E-state index contributed by atoms with van der Waals surface area (Å²) in [5.41, 5.74) is 0. The van der Waals surface area contributed by atoms with E-state index >= 15 is 0 Å². The van der Waals surface area contributed by atoms with Crippen LogP contribution in [-0.4, -0.2) is 5.12 Å². The molecule has 0 aromatic rings. The number of hydrogen-bond donors (Lipinski definition) is 0. The molecule has 0 atom stereocenters. The smallest absolute Gasteiger partial charge is 0.190 e. The minimum Gasteiger partial charge on any atom is -0.287 e.